The van der Waals surface area contributed by atoms with Gasteiger partial charge in [0.1, 0.15) is 18.1 Å². The molecule has 0 aliphatic heterocycles. The van der Waals surface area contributed by atoms with Gasteiger partial charge in [0.25, 0.3) is 5.91 Å². The fraction of sp³-hybridized carbons (Fsp3) is 0.136. The lowest BCUT2D eigenvalue weighted by Crippen LogP contribution is -2.13. The molecule has 0 aliphatic carbocycles. The van der Waals surface area contributed by atoms with E-state index in [0.29, 0.717) is 23.6 Å². The molecule has 0 saturated heterocycles. The lowest BCUT2D eigenvalue weighted by molar-refractivity contribution is 0.102. The predicted octanol–water partition coefficient (Wildman–Crippen LogP) is 3.65. The Bertz CT molecular complexity index is 1150. The van der Waals surface area contributed by atoms with E-state index in [2.05, 4.69) is 25.6 Å². The molecule has 144 valence electrons. The zero-order valence-corrected chi connectivity index (χ0v) is 16.2. The van der Waals surface area contributed by atoms with Crippen LogP contribution in [0.1, 0.15) is 27.4 Å². The third-order valence-electron chi connectivity index (χ3n) is 4.50. The molecule has 4 aromatic rings. The van der Waals surface area contributed by atoms with Crippen molar-refractivity contribution in [1.29, 1.82) is 0 Å². The van der Waals surface area contributed by atoms with Crippen molar-refractivity contribution in [1.82, 2.24) is 25.0 Å². The van der Waals surface area contributed by atoms with E-state index in [9.17, 15) is 4.79 Å². The Labute approximate surface area is 168 Å². The topological polar surface area (TPSA) is 85.6 Å². The summed E-state index contributed by atoms with van der Waals surface area (Å²) in [4.78, 5) is 21.4. The highest BCUT2D eigenvalue weighted by atomic mass is 16.1. The van der Waals surface area contributed by atoms with Gasteiger partial charge in [-0.2, -0.15) is 0 Å². The number of nitrogens with one attached hydrogen (secondary N) is 1. The molecule has 4 rings (SSSR count). The number of hydrogen-bond donors (Lipinski definition) is 1. The molecule has 0 spiro atoms. The van der Waals surface area contributed by atoms with Crippen LogP contribution in [0.3, 0.4) is 0 Å². The first-order valence-corrected chi connectivity index (χ1v) is 9.24. The molecule has 7 nitrogen and oxygen atoms in total. The third kappa shape index (κ3) is 4.35. The highest BCUT2D eigenvalue weighted by Crippen LogP contribution is 2.21. The van der Waals surface area contributed by atoms with Crippen molar-refractivity contribution in [3.8, 4) is 11.3 Å². The van der Waals surface area contributed by atoms with Crippen LogP contribution in [0.15, 0.2) is 67.0 Å². The summed E-state index contributed by atoms with van der Waals surface area (Å²) in [5.74, 6) is 0.518. The molecule has 29 heavy (non-hydrogen) atoms. The minimum Gasteiger partial charge on any atom is -0.322 e. The van der Waals surface area contributed by atoms with Gasteiger partial charge in [-0.3, -0.25) is 4.79 Å². The number of nitrogens with zero attached hydrogens (tertiary/aromatic N) is 5. The molecule has 2 aromatic heterocycles. The van der Waals surface area contributed by atoms with Crippen LogP contribution >= 0.6 is 0 Å². The normalized spacial score (nSPS) is 10.7. The lowest BCUT2D eigenvalue weighted by Gasteiger charge is -2.09. The summed E-state index contributed by atoms with van der Waals surface area (Å²) < 4.78 is 1.69. The van der Waals surface area contributed by atoms with E-state index in [1.165, 1.54) is 0 Å². The minimum atomic E-state index is -0.156. The van der Waals surface area contributed by atoms with Crippen LogP contribution in [0, 0.1) is 13.8 Å². The number of carbonyl (C=O) groups is 1. The van der Waals surface area contributed by atoms with Crippen LogP contribution in [-0.4, -0.2) is 30.9 Å². The van der Waals surface area contributed by atoms with Crippen LogP contribution < -0.4 is 5.32 Å². The van der Waals surface area contributed by atoms with E-state index in [4.69, 9.17) is 0 Å². The Morgan fingerprint density at radius 3 is 2.69 bits per heavy atom. The summed E-state index contributed by atoms with van der Waals surface area (Å²) in [5, 5.41) is 11.3. The van der Waals surface area contributed by atoms with Crippen molar-refractivity contribution in [3.05, 3.63) is 89.6 Å². The molecule has 0 atom stereocenters. The number of para-hydroxylation sites is 1. The summed E-state index contributed by atoms with van der Waals surface area (Å²) in [6, 6.07) is 16.9. The zero-order valence-electron chi connectivity index (χ0n) is 16.2. The Morgan fingerprint density at radius 1 is 1.07 bits per heavy atom. The van der Waals surface area contributed by atoms with E-state index < -0.39 is 0 Å². The smallest absolute Gasteiger partial charge is 0.255 e. The molecule has 0 radical (unpaired) electrons. The van der Waals surface area contributed by atoms with E-state index in [1.54, 1.807) is 10.9 Å². The van der Waals surface area contributed by atoms with Gasteiger partial charge in [-0.25, -0.2) is 14.6 Å². The van der Waals surface area contributed by atoms with E-state index in [0.717, 1.165) is 22.5 Å². The lowest BCUT2D eigenvalue weighted by atomic mass is 10.0. The van der Waals surface area contributed by atoms with Crippen molar-refractivity contribution < 1.29 is 4.79 Å². The van der Waals surface area contributed by atoms with Crippen molar-refractivity contribution in [3.63, 3.8) is 0 Å². The average molecular weight is 384 g/mol. The second-order valence-electron chi connectivity index (χ2n) is 6.77. The maximum Gasteiger partial charge on any atom is 0.255 e. The van der Waals surface area contributed by atoms with Gasteiger partial charge in [-0.05, 0) is 43.7 Å². The SMILES string of the molecule is Cc1ccnc(Cn2cc(-c3ccc(C)c(C(=O)Nc4ccccc4)c3)nn2)n1. The molecule has 7 heteroatoms. The number of carbonyl (C=O) groups excluding carboxylic acids is 1. The average Bonchev–Trinajstić information content (AvgIpc) is 3.17. The molecule has 0 bridgehead atoms. The molecule has 0 aliphatic rings. The highest BCUT2D eigenvalue weighted by Gasteiger charge is 2.13. The number of benzene rings is 2. The van der Waals surface area contributed by atoms with Crippen LogP contribution in [0.2, 0.25) is 0 Å². The van der Waals surface area contributed by atoms with Crippen LogP contribution in [0.5, 0.6) is 0 Å². The minimum absolute atomic E-state index is 0.156. The van der Waals surface area contributed by atoms with Gasteiger partial charge in [0, 0.05) is 28.7 Å². The Hall–Kier alpha value is -3.87. The van der Waals surface area contributed by atoms with Gasteiger partial charge in [-0.1, -0.05) is 35.5 Å². The second kappa shape index (κ2) is 8.02. The standard InChI is InChI=1S/C22H20N6O/c1-15-8-9-17(12-19(15)22(29)25-18-6-4-3-5-7-18)20-13-28(27-26-20)14-21-23-11-10-16(2)24-21/h3-13H,14H2,1-2H3,(H,25,29). The Kier molecular flexibility index (Phi) is 5.11. The number of rotatable bonds is 5. The fourth-order valence-corrected chi connectivity index (χ4v) is 2.98. The third-order valence-corrected chi connectivity index (χ3v) is 4.50. The number of amides is 1. The molecular formula is C22H20N6O. The predicted molar refractivity (Wildman–Crippen MR) is 110 cm³/mol. The molecule has 0 fully saturated rings. The van der Waals surface area contributed by atoms with Crippen LogP contribution in [0.4, 0.5) is 5.69 Å². The van der Waals surface area contributed by atoms with Gasteiger partial charge in [0.15, 0.2) is 0 Å². The molecular weight excluding hydrogens is 364 g/mol. The quantitative estimate of drug-likeness (QED) is 0.568. The van der Waals surface area contributed by atoms with Crippen LogP contribution in [0.25, 0.3) is 11.3 Å². The van der Waals surface area contributed by atoms with Crippen molar-refractivity contribution in [2.75, 3.05) is 5.32 Å². The van der Waals surface area contributed by atoms with E-state index in [1.807, 2.05) is 74.6 Å². The molecule has 2 aromatic carbocycles. The first-order valence-electron chi connectivity index (χ1n) is 9.24. The molecule has 1 amide bonds. The first kappa shape index (κ1) is 18.5. The maximum atomic E-state index is 12.7. The maximum absolute atomic E-state index is 12.7. The Balaban J connectivity index is 1.56. The number of aromatic nitrogens is 5. The molecule has 2 heterocycles. The first-order chi connectivity index (χ1) is 14.1. The summed E-state index contributed by atoms with van der Waals surface area (Å²) in [6.45, 7) is 4.27. The van der Waals surface area contributed by atoms with Crippen molar-refractivity contribution in [2.24, 2.45) is 0 Å². The van der Waals surface area contributed by atoms with Gasteiger partial charge in [0.05, 0.1) is 6.20 Å². The summed E-state index contributed by atoms with van der Waals surface area (Å²) in [7, 11) is 0. The summed E-state index contributed by atoms with van der Waals surface area (Å²) in [5.41, 5.74) is 4.66. The fourth-order valence-electron chi connectivity index (χ4n) is 2.98. The number of hydrogen-bond acceptors (Lipinski definition) is 5. The van der Waals surface area contributed by atoms with Gasteiger partial charge in [0.2, 0.25) is 0 Å². The van der Waals surface area contributed by atoms with Gasteiger partial charge < -0.3 is 5.32 Å². The zero-order chi connectivity index (χ0) is 20.2. The Morgan fingerprint density at radius 2 is 1.90 bits per heavy atom. The number of anilines is 1. The van der Waals surface area contributed by atoms with E-state index in [-0.39, 0.29) is 5.91 Å². The molecule has 1 N–H and O–H groups in total. The monoisotopic (exact) mass is 384 g/mol. The van der Waals surface area contributed by atoms with Gasteiger partial charge in [-0.15, -0.1) is 5.10 Å². The molecule has 0 saturated carbocycles. The highest BCUT2D eigenvalue weighted by molar-refractivity contribution is 6.05. The van der Waals surface area contributed by atoms with Crippen molar-refractivity contribution >= 4 is 11.6 Å². The van der Waals surface area contributed by atoms with Crippen LogP contribution in [-0.2, 0) is 6.54 Å². The number of aryl methyl sites for hydroxylation is 2. The van der Waals surface area contributed by atoms with Crippen molar-refractivity contribution in [2.45, 2.75) is 20.4 Å². The van der Waals surface area contributed by atoms with E-state index >= 15 is 0 Å². The van der Waals surface area contributed by atoms with Gasteiger partial charge >= 0.3 is 0 Å². The summed E-state index contributed by atoms with van der Waals surface area (Å²) >= 11 is 0. The molecule has 0 unspecified atom stereocenters. The second-order valence-corrected chi connectivity index (χ2v) is 6.77. The largest absolute Gasteiger partial charge is 0.322 e. The summed E-state index contributed by atoms with van der Waals surface area (Å²) in [6.07, 6.45) is 3.56.